The number of fused-ring (bicyclic) bond motifs is 6. The van der Waals surface area contributed by atoms with Gasteiger partial charge in [0.1, 0.15) is 17.8 Å². The number of aryl methyl sites for hydroxylation is 1. The fourth-order valence-electron chi connectivity index (χ4n) is 19.3. The van der Waals surface area contributed by atoms with Crippen LogP contribution < -0.4 is 11.1 Å². The zero-order chi connectivity index (χ0) is 47.8. The number of epoxide rings is 1. The summed E-state index contributed by atoms with van der Waals surface area (Å²) in [5.74, 6) is 0.966. The van der Waals surface area contributed by atoms with E-state index in [-0.39, 0.29) is 46.9 Å². The van der Waals surface area contributed by atoms with Gasteiger partial charge in [-0.1, -0.05) is 76.9 Å². The third-order valence-corrected chi connectivity index (χ3v) is 23.2. The molecular formula is C59H86N2O7. The predicted octanol–water partition coefficient (Wildman–Crippen LogP) is 9.40. The van der Waals surface area contributed by atoms with Gasteiger partial charge in [-0.15, -0.1) is 0 Å². The molecular weight excluding hydrogens is 849 g/mol. The molecule has 7 N–H and O–H groups in total. The van der Waals surface area contributed by atoms with Gasteiger partial charge in [0.15, 0.2) is 5.78 Å². The zero-order valence-electron chi connectivity index (χ0n) is 42.3. The van der Waals surface area contributed by atoms with E-state index in [4.69, 9.17) is 15.2 Å². The molecule has 7 aliphatic carbocycles. The number of carbonyl (C=O) groups is 1. The van der Waals surface area contributed by atoms with Crippen LogP contribution in [0.4, 0.5) is 0 Å². The number of benzene rings is 1. The number of ketones is 1. The standard InChI is InChI=1S/C59H86N2O7/c1-38-18-28-67-58(32-38,50-49(68-50)54(5,65)51(2,37-62)21-15-40-17-27-61-47(60)29-40)46-16-22-59(66)44-31-45(64)43-30-42(63)34-57(26-25-56(36-57)24-23-55(35-56)19-9-10-20-55)53(43,4)48(44)41(33-52(46,59)3)14-13-39-11-7-6-8-12-39/h6-8,11-12,17,29,31,38,41-43,46,48-50,61-63,65-66H,9-10,13-16,18-28,30,32-37,60H2,1-5H3/t38-,41-,42+,43-,46-,48-,49-,50-,51-,52+,53-,54-,56-,57-,58+,59+/m0/s1. The number of hydrogen-bond donors (Lipinski definition) is 6. The summed E-state index contributed by atoms with van der Waals surface area (Å²) in [6, 6.07) is 10.9. The Morgan fingerprint density at radius 3 is 2.40 bits per heavy atom. The number of nitrogens with two attached hydrogens (primary N) is 1. The zero-order valence-corrected chi connectivity index (χ0v) is 42.3. The maximum Gasteiger partial charge on any atom is 0.159 e. The van der Waals surface area contributed by atoms with Crippen molar-refractivity contribution < 1.29 is 34.7 Å². The first kappa shape index (κ1) is 47.8. The van der Waals surface area contributed by atoms with Gasteiger partial charge < -0.3 is 41.0 Å². The lowest BCUT2D eigenvalue weighted by atomic mass is 9.37. The van der Waals surface area contributed by atoms with E-state index in [1.54, 1.807) is 0 Å². The lowest BCUT2D eigenvalue weighted by Crippen LogP contribution is -2.68. The molecule has 3 spiro atoms. The second kappa shape index (κ2) is 16.5. The Morgan fingerprint density at radius 1 is 0.912 bits per heavy atom. The van der Waals surface area contributed by atoms with Crippen molar-refractivity contribution in [3.63, 3.8) is 0 Å². The highest BCUT2D eigenvalue weighted by atomic mass is 16.6. The second-order valence-electron chi connectivity index (χ2n) is 26.6. The monoisotopic (exact) mass is 935 g/mol. The fourth-order valence-corrected chi connectivity index (χ4v) is 19.3. The second-order valence-corrected chi connectivity index (χ2v) is 26.6. The smallest absolute Gasteiger partial charge is 0.159 e. The number of aliphatic hydroxyl groups is 4. The van der Waals surface area contributed by atoms with E-state index in [0.717, 1.165) is 68.9 Å². The van der Waals surface area contributed by atoms with Crippen molar-refractivity contribution in [3.05, 3.63) is 71.1 Å². The first-order valence-corrected chi connectivity index (χ1v) is 27.5. The summed E-state index contributed by atoms with van der Waals surface area (Å²) in [4.78, 5) is 15.3. The quantitative estimate of drug-likeness (QED) is 0.119. The first-order valence-electron chi connectivity index (χ1n) is 27.5. The molecule has 2 saturated heterocycles. The molecule has 0 aromatic heterocycles. The van der Waals surface area contributed by atoms with Gasteiger partial charge in [0, 0.05) is 29.9 Å². The van der Waals surface area contributed by atoms with Gasteiger partial charge in [-0.25, -0.2) is 0 Å². The summed E-state index contributed by atoms with van der Waals surface area (Å²) >= 11 is 0. The largest absolute Gasteiger partial charge is 0.396 e. The summed E-state index contributed by atoms with van der Waals surface area (Å²) in [7, 11) is 0. The van der Waals surface area contributed by atoms with E-state index in [9.17, 15) is 20.4 Å². The van der Waals surface area contributed by atoms with Crippen LogP contribution in [0, 0.1) is 62.1 Å². The Labute approximate surface area is 407 Å². The van der Waals surface area contributed by atoms with Crippen LogP contribution >= 0.6 is 0 Å². The van der Waals surface area contributed by atoms with Crippen molar-refractivity contribution in [2.75, 3.05) is 19.8 Å². The summed E-state index contributed by atoms with van der Waals surface area (Å²) in [6.45, 7) is 12.0. The van der Waals surface area contributed by atoms with Crippen LogP contribution in [0.3, 0.4) is 0 Å². The number of carbonyl (C=O) groups excluding carboxylic acids is 1. The van der Waals surface area contributed by atoms with Gasteiger partial charge in [0.05, 0.1) is 29.7 Å². The Bertz CT molecular complexity index is 2220. The Balaban J connectivity index is 0.967. The normalized spacial score (nSPS) is 46.5. The van der Waals surface area contributed by atoms with E-state index in [1.807, 2.05) is 26.0 Å². The molecule has 10 aliphatic rings. The van der Waals surface area contributed by atoms with Crippen molar-refractivity contribution in [2.24, 2.45) is 67.8 Å². The predicted molar refractivity (Wildman–Crippen MR) is 265 cm³/mol. The molecule has 3 heterocycles. The van der Waals surface area contributed by atoms with Gasteiger partial charge in [0.25, 0.3) is 0 Å². The number of dihydropyridines is 1. The number of hydrogen-bond acceptors (Lipinski definition) is 9. The molecule has 1 aromatic rings. The van der Waals surface area contributed by atoms with Crippen LogP contribution in [0.15, 0.2) is 65.5 Å². The molecule has 16 atom stereocenters. The van der Waals surface area contributed by atoms with Gasteiger partial charge in [0.2, 0.25) is 0 Å². The molecule has 3 aliphatic heterocycles. The van der Waals surface area contributed by atoms with Gasteiger partial charge >= 0.3 is 0 Å². The number of nitrogens with one attached hydrogen (secondary N) is 1. The Hall–Kier alpha value is -2.53. The van der Waals surface area contributed by atoms with Gasteiger partial charge in [-0.2, -0.15) is 0 Å². The van der Waals surface area contributed by atoms with Crippen molar-refractivity contribution >= 4 is 5.78 Å². The number of rotatable bonds is 11. The number of allylic oxidation sites excluding steroid dienone is 3. The van der Waals surface area contributed by atoms with Crippen molar-refractivity contribution in [1.29, 1.82) is 0 Å². The third-order valence-electron chi connectivity index (χ3n) is 23.2. The SMILES string of the molecule is C[C@H]1CCO[C@]([C@H]2CC[C@@]3(O)C4=CC(=O)[C@@H]5C[C@@H](O)C[C@]6(CC[C@]7(CCC8(CCCC8)C7)C6)[C@]5(C)[C@H]4[C@@H](CCc4ccccc4)C[C@]23C)([C@H]2O[C@@H]2[C@](C)(O)[C@](C)(CO)CCC2=CCNC(N)=C2)C1. The molecule has 8 fully saturated rings. The van der Waals surface area contributed by atoms with Crippen LogP contribution in [0.25, 0.3) is 0 Å². The van der Waals surface area contributed by atoms with E-state index in [1.165, 1.54) is 56.9 Å². The van der Waals surface area contributed by atoms with Crippen LogP contribution in [0.5, 0.6) is 0 Å². The minimum atomic E-state index is -1.38. The molecule has 0 radical (unpaired) electrons. The average molecular weight is 935 g/mol. The van der Waals surface area contributed by atoms with Crippen molar-refractivity contribution in [3.8, 4) is 0 Å². The molecule has 1 aromatic carbocycles. The minimum absolute atomic E-state index is 0.0218. The summed E-state index contributed by atoms with van der Waals surface area (Å²) in [5, 5.41) is 53.1. The molecule has 9 nitrogen and oxygen atoms in total. The molecule has 0 bridgehead atoms. The van der Waals surface area contributed by atoms with Crippen LogP contribution in [0.2, 0.25) is 0 Å². The van der Waals surface area contributed by atoms with Crippen LogP contribution in [-0.2, 0) is 20.7 Å². The first-order chi connectivity index (χ1) is 32.3. The van der Waals surface area contributed by atoms with Crippen molar-refractivity contribution in [1.82, 2.24) is 5.32 Å². The van der Waals surface area contributed by atoms with Crippen molar-refractivity contribution in [2.45, 2.75) is 205 Å². The van der Waals surface area contributed by atoms with Crippen LogP contribution in [-0.4, -0.2) is 81.1 Å². The summed E-state index contributed by atoms with van der Waals surface area (Å²) < 4.78 is 14.2. The Kier molecular flexibility index (Phi) is 11.6. The lowest BCUT2D eigenvalue weighted by molar-refractivity contribution is -0.212. The van der Waals surface area contributed by atoms with E-state index < -0.39 is 51.4 Å². The third kappa shape index (κ3) is 7.05. The summed E-state index contributed by atoms with van der Waals surface area (Å²) in [5.41, 5.74) is 4.83. The molecule has 374 valence electrons. The van der Waals surface area contributed by atoms with Crippen LogP contribution in [0.1, 0.15) is 169 Å². The molecule has 9 heteroatoms. The molecule has 6 saturated carbocycles. The topological polar surface area (TPSA) is 158 Å². The number of aliphatic hydroxyl groups excluding tert-OH is 2. The lowest BCUT2D eigenvalue weighted by Gasteiger charge is -2.68. The maximum atomic E-state index is 15.3. The van der Waals surface area contributed by atoms with Gasteiger partial charge in [-0.3, -0.25) is 4.79 Å². The number of ether oxygens (including phenoxy) is 2. The highest BCUT2D eigenvalue weighted by Crippen LogP contribution is 2.79. The summed E-state index contributed by atoms with van der Waals surface area (Å²) in [6.07, 6.45) is 25.5. The Morgan fingerprint density at radius 2 is 1.66 bits per heavy atom. The van der Waals surface area contributed by atoms with Gasteiger partial charge in [-0.05, 0) is 203 Å². The molecule has 11 rings (SSSR count). The molecule has 0 unspecified atom stereocenters. The average Bonchev–Trinajstić information content (AvgIpc) is 3.54. The van der Waals surface area contributed by atoms with E-state index in [2.05, 4.69) is 62.5 Å². The molecule has 68 heavy (non-hydrogen) atoms. The van der Waals surface area contributed by atoms with E-state index in [0.29, 0.717) is 56.0 Å². The molecule has 0 amide bonds. The highest BCUT2D eigenvalue weighted by molar-refractivity contribution is 5.95. The minimum Gasteiger partial charge on any atom is -0.396 e. The van der Waals surface area contributed by atoms with E-state index >= 15 is 4.79 Å². The highest BCUT2D eigenvalue weighted by Gasteiger charge is 2.78. The fraction of sp³-hybridized carbons (Fsp3) is 0.780. The maximum absolute atomic E-state index is 15.3.